The van der Waals surface area contributed by atoms with Crippen LogP contribution >= 0.6 is 0 Å². The van der Waals surface area contributed by atoms with Gasteiger partial charge in [-0.25, -0.2) is 4.68 Å². The van der Waals surface area contributed by atoms with Crippen molar-refractivity contribution >= 4 is 5.95 Å². The third-order valence-electron chi connectivity index (χ3n) is 1.16. The van der Waals surface area contributed by atoms with Gasteiger partial charge >= 0.3 is 0 Å². The van der Waals surface area contributed by atoms with E-state index < -0.39 is 0 Å². The lowest BCUT2D eigenvalue weighted by molar-refractivity contribution is 0.702. The second-order valence-corrected chi connectivity index (χ2v) is 1.98. The minimum Gasteiger partial charge on any atom is -0.368 e. The van der Waals surface area contributed by atoms with Crippen molar-refractivity contribution in [1.82, 2.24) is 14.8 Å². The van der Waals surface area contributed by atoms with Crippen molar-refractivity contribution in [2.24, 2.45) is 7.05 Å². The van der Waals surface area contributed by atoms with E-state index in [9.17, 15) is 4.79 Å². The highest BCUT2D eigenvalue weighted by Gasteiger charge is 1.98. The number of anilines is 1. The first-order valence-electron chi connectivity index (χ1n) is 2.78. The molecule has 0 saturated carbocycles. The molecule has 0 fully saturated rings. The van der Waals surface area contributed by atoms with Crippen molar-refractivity contribution in [1.29, 1.82) is 0 Å². The van der Waals surface area contributed by atoms with Gasteiger partial charge in [-0.1, -0.05) is 0 Å². The molecule has 5 heteroatoms. The molecule has 0 aliphatic carbocycles. The lowest BCUT2D eigenvalue weighted by Gasteiger charge is -1.99. The zero-order chi connectivity index (χ0) is 7.72. The monoisotopic (exact) mass is 140 g/mol. The summed E-state index contributed by atoms with van der Waals surface area (Å²) in [6.07, 6.45) is 0. The second-order valence-electron chi connectivity index (χ2n) is 1.98. The Morgan fingerprint density at radius 1 is 1.60 bits per heavy atom. The average Bonchev–Trinajstić information content (AvgIpc) is 1.84. The van der Waals surface area contributed by atoms with Crippen LogP contribution in [0.2, 0.25) is 0 Å². The van der Waals surface area contributed by atoms with Gasteiger partial charge in [0.2, 0.25) is 5.95 Å². The molecule has 1 aromatic rings. The fraction of sp³-hybridized carbons (Fsp3) is 0.400. The number of hydrogen-bond acceptors (Lipinski definition) is 4. The maximum Gasteiger partial charge on any atom is 0.296 e. The molecule has 1 aromatic heterocycles. The molecule has 0 saturated heterocycles. The Morgan fingerprint density at radius 3 is 2.70 bits per heavy atom. The molecular weight excluding hydrogens is 132 g/mol. The van der Waals surface area contributed by atoms with Crippen LogP contribution in [0.25, 0.3) is 0 Å². The molecule has 54 valence electrons. The summed E-state index contributed by atoms with van der Waals surface area (Å²) in [6.45, 7) is 1.59. The molecule has 0 unspecified atom stereocenters. The van der Waals surface area contributed by atoms with Gasteiger partial charge < -0.3 is 5.73 Å². The fourth-order valence-electron chi connectivity index (χ4n) is 0.576. The predicted molar refractivity (Wildman–Crippen MR) is 36.4 cm³/mol. The SMILES string of the molecule is Cc1nn(C)c(N)nc1=O. The highest BCUT2D eigenvalue weighted by Crippen LogP contribution is 1.86. The first-order chi connectivity index (χ1) is 4.61. The molecular formula is C5H8N4O. The van der Waals surface area contributed by atoms with E-state index in [1.807, 2.05) is 0 Å². The number of aryl methyl sites for hydroxylation is 2. The minimum absolute atomic E-state index is 0.135. The highest BCUT2D eigenvalue weighted by molar-refractivity contribution is 5.13. The van der Waals surface area contributed by atoms with Crippen LogP contribution in [0, 0.1) is 6.92 Å². The molecule has 1 heterocycles. The molecule has 0 aromatic carbocycles. The van der Waals surface area contributed by atoms with E-state index in [0.717, 1.165) is 0 Å². The van der Waals surface area contributed by atoms with E-state index in [4.69, 9.17) is 5.73 Å². The third kappa shape index (κ3) is 0.975. The largest absolute Gasteiger partial charge is 0.368 e. The van der Waals surface area contributed by atoms with E-state index in [1.54, 1.807) is 14.0 Å². The van der Waals surface area contributed by atoms with Crippen LogP contribution in [-0.2, 0) is 7.05 Å². The maximum absolute atomic E-state index is 10.7. The summed E-state index contributed by atoms with van der Waals surface area (Å²) < 4.78 is 1.36. The van der Waals surface area contributed by atoms with Gasteiger partial charge in [0, 0.05) is 7.05 Å². The Kier molecular flexibility index (Phi) is 1.41. The molecule has 0 radical (unpaired) electrons. The molecule has 1 rings (SSSR count). The quantitative estimate of drug-likeness (QED) is 0.505. The standard InChI is InChI=1S/C5H8N4O/c1-3-4(10)7-5(6)9(2)8-3/h1-2H3,(H2,6,7,10). The van der Waals surface area contributed by atoms with E-state index in [1.165, 1.54) is 4.68 Å². The third-order valence-corrected chi connectivity index (χ3v) is 1.16. The lowest BCUT2D eigenvalue weighted by atomic mass is 10.5. The van der Waals surface area contributed by atoms with Gasteiger partial charge in [-0.15, -0.1) is 0 Å². The summed E-state index contributed by atoms with van der Waals surface area (Å²) in [5, 5.41) is 3.79. The summed E-state index contributed by atoms with van der Waals surface area (Å²) in [5.41, 5.74) is 5.27. The van der Waals surface area contributed by atoms with Gasteiger partial charge in [-0.3, -0.25) is 4.79 Å². The first-order valence-corrected chi connectivity index (χ1v) is 2.78. The molecule has 0 aliphatic rings. The van der Waals surface area contributed by atoms with Crippen LogP contribution in [0.4, 0.5) is 5.95 Å². The fourth-order valence-corrected chi connectivity index (χ4v) is 0.576. The van der Waals surface area contributed by atoms with Gasteiger partial charge in [0.15, 0.2) is 0 Å². The molecule has 0 aliphatic heterocycles. The number of nitrogens with two attached hydrogens (primary N) is 1. The van der Waals surface area contributed by atoms with Crippen LogP contribution < -0.4 is 11.3 Å². The topological polar surface area (TPSA) is 73.8 Å². The molecule has 0 bridgehead atoms. The average molecular weight is 140 g/mol. The molecule has 0 atom stereocenters. The Hall–Kier alpha value is -1.39. The Bertz CT molecular complexity index is 303. The predicted octanol–water partition coefficient (Wildman–Crippen LogP) is -0.934. The number of nitrogens with zero attached hydrogens (tertiary/aromatic N) is 3. The number of aromatic nitrogens is 3. The zero-order valence-corrected chi connectivity index (χ0v) is 5.83. The van der Waals surface area contributed by atoms with Crippen LogP contribution in [-0.4, -0.2) is 14.8 Å². The van der Waals surface area contributed by atoms with Crippen molar-refractivity contribution in [2.75, 3.05) is 5.73 Å². The van der Waals surface area contributed by atoms with Crippen molar-refractivity contribution in [3.8, 4) is 0 Å². The lowest BCUT2D eigenvalue weighted by Crippen LogP contribution is -2.20. The molecule has 10 heavy (non-hydrogen) atoms. The molecule has 0 spiro atoms. The van der Waals surface area contributed by atoms with Gasteiger partial charge in [0.1, 0.15) is 5.69 Å². The zero-order valence-electron chi connectivity index (χ0n) is 5.83. The smallest absolute Gasteiger partial charge is 0.296 e. The normalized spacial score (nSPS) is 9.80. The summed E-state index contributed by atoms with van der Waals surface area (Å²) in [4.78, 5) is 14.2. The summed E-state index contributed by atoms with van der Waals surface area (Å²) >= 11 is 0. The molecule has 0 amide bonds. The van der Waals surface area contributed by atoms with Crippen molar-refractivity contribution < 1.29 is 0 Å². The maximum atomic E-state index is 10.7. The van der Waals surface area contributed by atoms with E-state index in [0.29, 0.717) is 5.69 Å². The van der Waals surface area contributed by atoms with Gasteiger partial charge in [-0.05, 0) is 6.92 Å². The van der Waals surface area contributed by atoms with Crippen LogP contribution in [0.3, 0.4) is 0 Å². The van der Waals surface area contributed by atoms with Crippen molar-refractivity contribution in [3.05, 3.63) is 16.0 Å². The van der Waals surface area contributed by atoms with Gasteiger partial charge in [-0.2, -0.15) is 10.1 Å². The number of rotatable bonds is 0. The highest BCUT2D eigenvalue weighted by atomic mass is 16.1. The summed E-state index contributed by atoms with van der Waals surface area (Å²) in [6, 6.07) is 0. The van der Waals surface area contributed by atoms with E-state index in [-0.39, 0.29) is 11.5 Å². The van der Waals surface area contributed by atoms with E-state index >= 15 is 0 Å². The number of hydrogen-bond donors (Lipinski definition) is 1. The van der Waals surface area contributed by atoms with Crippen LogP contribution in [0.5, 0.6) is 0 Å². The Balaban J connectivity index is 3.43. The van der Waals surface area contributed by atoms with Crippen LogP contribution in [0.15, 0.2) is 4.79 Å². The minimum atomic E-state index is -0.365. The second kappa shape index (κ2) is 2.09. The summed E-state index contributed by atoms with van der Waals surface area (Å²) in [5.74, 6) is 0.135. The summed E-state index contributed by atoms with van der Waals surface area (Å²) in [7, 11) is 1.63. The Morgan fingerprint density at radius 2 is 2.20 bits per heavy atom. The Labute approximate surface area is 57.5 Å². The van der Waals surface area contributed by atoms with Gasteiger partial charge in [0.05, 0.1) is 0 Å². The molecule has 5 nitrogen and oxygen atoms in total. The number of nitrogen functional groups attached to an aromatic ring is 1. The van der Waals surface area contributed by atoms with E-state index in [2.05, 4.69) is 10.1 Å². The molecule has 2 N–H and O–H groups in total. The van der Waals surface area contributed by atoms with Crippen molar-refractivity contribution in [3.63, 3.8) is 0 Å². The van der Waals surface area contributed by atoms with Gasteiger partial charge in [0.25, 0.3) is 5.56 Å². The first kappa shape index (κ1) is 6.73. The van der Waals surface area contributed by atoms with Crippen molar-refractivity contribution in [2.45, 2.75) is 6.92 Å². The van der Waals surface area contributed by atoms with Crippen LogP contribution in [0.1, 0.15) is 5.69 Å².